The number of likely N-dealkylation sites (tertiary alicyclic amines) is 1. The molecule has 3 heterocycles. The van der Waals surface area contributed by atoms with Gasteiger partial charge in [-0.05, 0) is 26.8 Å². The lowest BCUT2D eigenvalue weighted by Crippen LogP contribution is -2.45. The van der Waals surface area contributed by atoms with Crippen molar-refractivity contribution in [1.29, 1.82) is 0 Å². The molecule has 3 rings (SSSR count). The fraction of sp³-hybridized carbons (Fsp3) is 0.579. The van der Waals surface area contributed by atoms with E-state index in [-0.39, 0.29) is 36.6 Å². The summed E-state index contributed by atoms with van der Waals surface area (Å²) >= 11 is 6.34. The molecule has 9 heteroatoms. The van der Waals surface area contributed by atoms with E-state index >= 15 is 4.39 Å². The maximum Gasteiger partial charge on any atom is 0.410 e. The molecule has 0 spiro atoms. The molecule has 1 saturated heterocycles. The molecule has 7 nitrogen and oxygen atoms in total. The molecule has 28 heavy (non-hydrogen) atoms. The highest BCUT2D eigenvalue weighted by atomic mass is 35.5. The Labute approximate surface area is 168 Å². The largest absolute Gasteiger partial charge is 0.444 e. The summed E-state index contributed by atoms with van der Waals surface area (Å²) in [6.07, 6.45) is 1.87. The molecular weight excluding hydrogens is 387 g/mol. The lowest BCUT2D eigenvalue weighted by Gasteiger charge is -2.37. The summed E-state index contributed by atoms with van der Waals surface area (Å²) in [5.74, 6) is 0.872. The van der Waals surface area contributed by atoms with E-state index in [2.05, 4.69) is 15.1 Å². The second-order valence-electron chi connectivity index (χ2n) is 7.85. The second kappa shape index (κ2) is 7.66. The molecule has 0 aromatic carbocycles. The standard InChI is InChI=1S/C19H24ClFN4O3/c1-5-14-23-16(24-28-14)12-10-13(20)15(22-11-12)19(21)6-8-25(9-7-19)17(26)27-18(2,3)4/h10-11H,5-9H2,1-4H3. The summed E-state index contributed by atoms with van der Waals surface area (Å²) in [5.41, 5.74) is -1.57. The van der Waals surface area contributed by atoms with E-state index in [1.807, 2.05) is 6.92 Å². The van der Waals surface area contributed by atoms with Gasteiger partial charge in [-0.15, -0.1) is 0 Å². The Morgan fingerprint density at radius 1 is 1.39 bits per heavy atom. The third-order valence-electron chi connectivity index (χ3n) is 4.50. The van der Waals surface area contributed by atoms with Gasteiger partial charge in [-0.25, -0.2) is 9.18 Å². The Balaban J connectivity index is 1.72. The van der Waals surface area contributed by atoms with Gasteiger partial charge in [-0.1, -0.05) is 23.7 Å². The summed E-state index contributed by atoms with van der Waals surface area (Å²) in [4.78, 5) is 22.2. The number of amides is 1. The number of nitrogens with zero attached hydrogens (tertiary/aromatic N) is 4. The number of pyridine rings is 1. The third-order valence-corrected chi connectivity index (χ3v) is 4.79. The van der Waals surface area contributed by atoms with Crippen LogP contribution in [0.1, 0.15) is 52.1 Å². The highest BCUT2D eigenvalue weighted by Gasteiger charge is 2.41. The maximum atomic E-state index is 15.6. The van der Waals surface area contributed by atoms with Crippen LogP contribution in [-0.2, 0) is 16.8 Å². The number of aryl methyl sites for hydroxylation is 1. The van der Waals surface area contributed by atoms with E-state index in [0.717, 1.165) is 0 Å². The van der Waals surface area contributed by atoms with Gasteiger partial charge in [-0.2, -0.15) is 4.98 Å². The van der Waals surface area contributed by atoms with E-state index in [9.17, 15) is 4.79 Å². The molecule has 0 bridgehead atoms. The lowest BCUT2D eigenvalue weighted by molar-refractivity contribution is 0.00130. The summed E-state index contributed by atoms with van der Waals surface area (Å²) in [5, 5.41) is 4.08. The molecular formula is C19H24ClFN4O3. The van der Waals surface area contributed by atoms with Crippen LogP contribution in [0.25, 0.3) is 11.4 Å². The molecule has 0 saturated carbocycles. The van der Waals surface area contributed by atoms with Crippen LogP contribution in [0.3, 0.4) is 0 Å². The number of alkyl halides is 1. The van der Waals surface area contributed by atoms with E-state index < -0.39 is 17.4 Å². The van der Waals surface area contributed by atoms with Crippen LogP contribution in [0.15, 0.2) is 16.8 Å². The summed E-state index contributed by atoms with van der Waals surface area (Å²) in [7, 11) is 0. The monoisotopic (exact) mass is 410 g/mol. The zero-order valence-corrected chi connectivity index (χ0v) is 17.2. The molecule has 1 fully saturated rings. The Hall–Kier alpha value is -2.22. The highest BCUT2D eigenvalue weighted by Crippen LogP contribution is 2.40. The van der Waals surface area contributed by atoms with Crippen molar-refractivity contribution in [3.63, 3.8) is 0 Å². The summed E-state index contributed by atoms with van der Waals surface area (Å²) in [6, 6.07) is 1.59. The lowest BCUT2D eigenvalue weighted by atomic mass is 9.89. The van der Waals surface area contributed by atoms with E-state index in [1.165, 1.54) is 11.1 Å². The van der Waals surface area contributed by atoms with Gasteiger partial charge in [-0.3, -0.25) is 4.98 Å². The van der Waals surface area contributed by atoms with Crippen molar-refractivity contribution in [2.75, 3.05) is 13.1 Å². The normalized spacial score (nSPS) is 16.9. The Morgan fingerprint density at radius 3 is 2.61 bits per heavy atom. The van der Waals surface area contributed by atoms with E-state index in [4.69, 9.17) is 20.9 Å². The van der Waals surface area contributed by atoms with Gasteiger partial charge >= 0.3 is 6.09 Å². The number of rotatable bonds is 3. The van der Waals surface area contributed by atoms with Crippen molar-refractivity contribution in [2.45, 2.75) is 58.2 Å². The van der Waals surface area contributed by atoms with Crippen LogP contribution >= 0.6 is 11.6 Å². The first-order valence-electron chi connectivity index (χ1n) is 9.27. The zero-order valence-electron chi connectivity index (χ0n) is 16.5. The average molecular weight is 411 g/mol. The number of carbonyl (C=O) groups is 1. The molecule has 152 valence electrons. The molecule has 0 aliphatic carbocycles. The van der Waals surface area contributed by atoms with Crippen molar-refractivity contribution in [3.8, 4) is 11.4 Å². The van der Waals surface area contributed by atoms with Gasteiger partial charge in [0, 0.05) is 44.1 Å². The predicted molar refractivity (Wildman–Crippen MR) is 102 cm³/mol. The number of hydrogen-bond acceptors (Lipinski definition) is 6. The van der Waals surface area contributed by atoms with Gasteiger partial charge in [0.15, 0.2) is 5.67 Å². The average Bonchev–Trinajstić information content (AvgIpc) is 3.09. The van der Waals surface area contributed by atoms with Gasteiger partial charge in [0.25, 0.3) is 0 Å². The number of halogens is 2. The van der Waals surface area contributed by atoms with Crippen LogP contribution in [0.5, 0.6) is 0 Å². The van der Waals surface area contributed by atoms with Crippen molar-refractivity contribution in [2.24, 2.45) is 0 Å². The smallest absolute Gasteiger partial charge is 0.410 e. The molecule has 0 unspecified atom stereocenters. The minimum absolute atomic E-state index is 0.0977. The minimum Gasteiger partial charge on any atom is -0.444 e. The van der Waals surface area contributed by atoms with Crippen molar-refractivity contribution in [1.82, 2.24) is 20.0 Å². The second-order valence-corrected chi connectivity index (χ2v) is 8.26. The fourth-order valence-corrected chi connectivity index (χ4v) is 3.35. The SMILES string of the molecule is CCc1nc(-c2cnc(C3(F)CCN(C(=O)OC(C)(C)C)CC3)c(Cl)c2)no1. The first kappa shape index (κ1) is 20.5. The van der Waals surface area contributed by atoms with Crippen molar-refractivity contribution >= 4 is 17.7 Å². The van der Waals surface area contributed by atoms with Crippen LogP contribution in [0.4, 0.5) is 9.18 Å². The van der Waals surface area contributed by atoms with Crippen molar-refractivity contribution in [3.05, 3.63) is 28.9 Å². The fourth-order valence-electron chi connectivity index (χ4n) is 3.01. The number of carbonyl (C=O) groups excluding carboxylic acids is 1. The maximum absolute atomic E-state index is 15.6. The molecule has 2 aromatic rings. The van der Waals surface area contributed by atoms with Gasteiger partial charge in [0.05, 0.1) is 10.7 Å². The minimum atomic E-state index is -1.71. The first-order chi connectivity index (χ1) is 13.1. The molecule has 0 atom stereocenters. The molecule has 1 amide bonds. The van der Waals surface area contributed by atoms with Crippen LogP contribution < -0.4 is 0 Å². The highest BCUT2D eigenvalue weighted by molar-refractivity contribution is 6.31. The molecule has 1 aliphatic heterocycles. The van der Waals surface area contributed by atoms with Gasteiger partial charge in [0.2, 0.25) is 11.7 Å². The number of ether oxygens (including phenoxy) is 1. The van der Waals surface area contributed by atoms with E-state index in [0.29, 0.717) is 23.7 Å². The Kier molecular flexibility index (Phi) is 5.61. The summed E-state index contributed by atoms with van der Waals surface area (Å²) < 4.78 is 26.0. The Bertz CT molecular complexity index is 857. The van der Waals surface area contributed by atoms with Gasteiger partial charge in [0.1, 0.15) is 5.60 Å². The predicted octanol–water partition coefficient (Wildman–Crippen LogP) is 4.54. The van der Waals surface area contributed by atoms with Gasteiger partial charge < -0.3 is 14.2 Å². The molecule has 2 aromatic heterocycles. The van der Waals surface area contributed by atoms with Crippen LogP contribution in [-0.4, -0.2) is 44.8 Å². The molecule has 1 aliphatic rings. The summed E-state index contributed by atoms with van der Waals surface area (Å²) in [6.45, 7) is 7.76. The Morgan fingerprint density at radius 2 is 2.07 bits per heavy atom. The van der Waals surface area contributed by atoms with E-state index in [1.54, 1.807) is 26.8 Å². The zero-order chi connectivity index (χ0) is 20.5. The van der Waals surface area contributed by atoms with Crippen LogP contribution in [0, 0.1) is 0 Å². The topological polar surface area (TPSA) is 81.4 Å². The van der Waals surface area contributed by atoms with Crippen LogP contribution in [0.2, 0.25) is 5.02 Å². The number of aromatic nitrogens is 3. The van der Waals surface area contributed by atoms with Crippen molar-refractivity contribution < 1.29 is 18.4 Å². The molecule has 0 N–H and O–H groups in total. The number of piperidine rings is 1. The molecule has 0 radical (unpaired) electrons. The first-order valence-corrected chi connectivity index (χ1v) is 9.65. The number of hydrogen-bond donors (Lipinski definition) is 0. The third kappa shape index (κ3) is 4.43. The quantitative estimate of drug-likeness (QED) is 0.738.